The molecule has 34 heavy (non-hydrogen) atoms. The molecular weight excluding hydrogens is 450 g/mol. The summed E-state index contributed by atoms with van der Waals surface area (Å²) in [6, 6.07) is 12.0. The van der Waals surface area contributed by atoms with Gasteiger partial charge in [-0.25, -0.2) is 0 Å². The number of aryl methyl sites for hydroxylation is 3. The average molecular weight is 488 g/mol. The van der Waals surface area contributed by atoms with Crippen molar-refractivity contribution in [2.45, 2.75) is 64.3 Å². The molecule has 0 heterocycles. The van der Waals surface area contributed by atoms with Gasteiger partial charge in [-0.3, -0.25) is 20.2 Å². The minimum Gasteiger partial charge on any atom is -0.615 e. The third-order valence-electron chi connectivity index (χ3n) is 6.18. The molecule has 2 amide bonds. The molecule has 8 heteroatoms. The number of hydrogen-bond acceptors (Lipinski definition) is 6. The molecule has 2 aromatic rings. The molecule has 0 fully saturated rings. The van der Waals surface area contributed by atoms with Gasteiger partial charge in [0, 0.05) is 13.0 Å². The number of imide groups is 1. The highest BCUT2D eigenvalue weighted by atomic mass is 32.2. The van der Waals surface area contributed by atoms with E-state index in [4.69, 9.17) is 11.5 Å². The van der Waals surface area contributed by atoms with E-state index < -0.39 is 33.9 Å². The standard InChI is InChI=1S/C26H37N3O4S/c1-5-26(28,34(33)6-2)25(32)29(14-10-13-20-11-8-7-9-12-20)24(31)23(27)17-22-18(3)15-21(30)16-19(22)4/h7-9,11-12,15-16,23,30H,5-6,10,13-14,17,27-28H2,1-4H3/t23-,26?,34?/m0/s1. The zero-order chi connectivity index (χ0) is 25.5. The van der Waals surface area contributed by atoms with Crippen LogP contribution in [0.4, 0.5) is 0 Å². The number of nitrogens with two attached hydrogens (primary N) is 2. The van der Waals surface area contributed by atoms with Gasteiger partial charge >= 0.3 is 5.91 Å². The molecule has 3 atom stereocenters. The molecule has 0 aliphatic heterocycles. The van der Waals surface area contributed by atoms with Gasteiger partial charge in [-0.2, -0.15) is 0 Å². The zero-order valence-electron chi connectivity index (χ0n) is 20.5. The fraction of sp³-hybridized carbons (Fsp3) is 0.462. The highest BCUT2D eigenvalue weighted by Gasteiger charge is 2.48. The predicted octanol–water partition coefficient (Wildman–Crippen LogP) is 2.70. The molecular formula is C26H37N3O4S. The molecule has 0 radical (unpaired) electrons. The number of carbonyl (C=O) groups is 2. The minimum atomic E-state index is -1.65. The molecule has 2 aromatic carbocycles. The quantitative estimate of drug-likeness (QED) is 0.418. The molecule has 2 unspecified atom stereocenters. The zero-order valence-corrected chi connectivity index (χ0v) is 21.4. The molecule has 7 nitrogen and oxygen atoms in total. The summed E-state index contributed by atoms with van der Waals surface area (Å²) in [6.07, 6.45) is 1.55. The van der Waals surface area contributed by atoms with Gasteiger partial charge in [0.25, 0.3) is 4.87 Å². The summed E-state index contributed by atoms with van der Waals surface area (Å²) >= 11 is -1.63. The number of carbonyl (C=O) groups excluding carboxylic acids is 2. The monoisotopic (exact) mass is 487 g/mol. The molecule has 0 aliphatic carbocycles. The molecule has 0 saturated carbocycles. The normalized spacial score (nSPS) is 14.8. The molecule has 5 N–H and O–H groups in total. The van der Waals surface area contributed by atoms with Gasteiger partial charge in [0.1, 0.15) is 11.5 Å². The fourth-order valence-electron chi connectivity index (χ4n) is 4.09. The van der Waals surface area contributed by atoms with Gasteiger partial charge in [0.05, 0.1) is 6.04 Å². The number of phenolic OH excluding ortho intramolecular Hbond substituents is 1. The number of hydrogen-bond donors (Lipinski definition) is 3. The van der Waals surface area contributed by atoms with Gasteiger partial charge < -0.3 is 15.4 Å². The minimum absolute atomic E-state index is 0.133. The highest BCUT2D eigenvalue weighted by Crippen LogP contribution is 2.24. The van der Waals surface area contributed by atoms with E-state index in [0.29, 0.717) is 12.8 Å². The number of benzene rings is 2. The predicted molar refractivity (Wildman–Crippen MR) is 137 cm³/mol. The van der Waals surface area contributed by atoms with Gasteiger partial charge in [-0.15, -0.1) is 0 Å². The number of rotatable bonds is 11. The summed E-state index contributed by atoms with van der Waals surface area (Å²) in [5.74, 6) is -0.835. The Morgan fingerprint density at radius 1 is 1.15 bits per heavy atom. The van der Waals surface area contributed by atoms with Crippen LogP contribution >= 0.6 is 0 Å². The number of aromatic hydroxyl groups is 1. The maximum Gasteiger partial charge on any atom is 0.300 e. The molecule has 0 saturated heterocycles. The van der Waals surface area contributed by atoms with Crippen LogP contribution in [0.2, 0.25) is 0 Å². The largest absolute Gasteiger partial charge is 0.615 e. The lowest BCUT2D eigenvalue weighted by atomic mass is 9.95. The second kappa shape index (κ2) is 12.4. The van der Waals surface area contributed by atoms with Crippen LogP contribution in [-0.2, 0) is 33.6 Å². The van der Waals surface area contributed by atoms with E-state index in [9.17, 15) is 19.2 Å². The van der Waals surface area contributed by atoms with Gasteiger partial charge in [0.15, 0.2) is 0 Å². The van der Waals surface area contributed by atoms with Crippen molar-refractivity contribution in [1.29, 1.82) is 0 Å². The summed E-state index contributed by atoms with van der Waals surface area (Å²) in [5.41, 5.74) is 16.2. The topological polar surface area (TPSA) is 133 Å². The first-order chi connectivity index (χ1) is 16.0. The Kier molecular flexibility index (Phi) is 10.1. The highest BCUT2D eigenvalue weighted by molar-refractivity contribution is 7.93. The number of nitrogens with zero attached hydrogens (tertiary/aromatic N) is 1. The third-order valence-corrected chi connectivity index (χ3v) is 7.98. The van der Waals surface area contributed by atoms with Crippen LogP contribution in [0.15, 0.2) is 42.5 Å². The van der Waals surface area contributed by atoms with Crippen LogP contribution in [0, 0.1) is 13.8 Å². The van der Waals surface area contributed by atoms with E-state index in [-0.39, 0.29) is 30.9 Å². The van der Waals surface area contributed by atoms with Crippen molar-refractivity contribution in [3.63, 3.8) is 0 Å². The smallest absolute Gasteiger partial charge is 0.300 e. The van der Waals surface area contributed by atoms with Crippen LogP contribution < -0.4 is 11.5 Å². The van der Waals surface area contributed by atoms with E-state index in [0.717, 1.165) is 27.2 Å². The molecule has 0 aromatic heterocycles. The van der Waals surface area contributed by atoms with Crippen molar-refractivity contribution < 1.29 is 19.2 Å². The summed E-state index contributed by atoms with van der Waals surface area (Å²) in [6.45, 7) is 7.21. The average Bonchev–Trinajstić information content (AvgIpc) is 2.82. The lowest BCUT2D eigenvalue weighted by Gasteiger charge is -2.34. The van der Waals surface area contributed by atoms with Gasteiger partial charge in [0.2, 0.25) is 5.91 Å². The van der Waals surface area contributed by atoms with Crippen LogP contribution in [-0.4, -0.2) is 49.6 Å². The van der Waals surface area contributed by atoms with Crippen molar-refractivity contribution in [1.82, 2.24) is 4.90 Å². The van der Waals surface area contributed by atoms with Crippen molar-refractivity contribution in [2.75, 3.05) is 12.3 Å². The Hall–Kier alpha value is -2.39. The van der Waals surface area contributed by atoms with Crippen molar-refractivity contribution in [3.05, 3.63) is 64.7 Å². The molecule has 2 rings (SSSR count). The maximum atomic E-state index is 13.5. The van der Waals surface area contributed by atoms with E-state index in [1.54, 1.807) is 26.0 Å². The second-order valence-corrected chi connectivity index (χ2v) is 10.6. The van der Waals surface area contributed by atoms with Crippen LogP contribution in [0.1, 0.15) is 48.9 Å². The first-order valence-electron chi connectivity index (χ1n) is 11.7. The number of phenols is 1. The van der Waals surface area contributed by atoms with Crippen LogP contribution in [0.25, 0.3) is 0 Å². The summed E-state index contributed by atoms with van der Waals surface area (Å²) in [5, 5.41) is 9.81. The van der Waals surface area contributed by atoms with Crippen LogP contribution in [0.5, 0.6) is 5.75 Å². The van der Waals surface area contributed by atoms with Crippen molar-refractivity contribution in [2.24, 2.45) is 11.5 Å². The van der Waals surface area contributed by atoms with Gasteiger partial charge in [-0.1, -0.05) is 37.3 Å². The molecule has 186 valence electrons. The maximum absolute atomic E-state index is 13.5. The Bertz CT molecular complexity index is 962. The third kappa shape index (κ3) is 6.60. The Labute approximate surface area is 205 Å². The first kappa shape index (κ1) is 27.9. The number of amides is 2. The molecule has 0 bridgehead atoms. The van der Waals surface area contributed by atoms with E-state index in [1.165, 1.54) is 0 Å². The summed E-state index contributed by atoms with van der Waals surface area (Å²) < 4.78 is 12.7. The van der Waals surface area contributed by atoms with Crippen molar-refractivity contribution in [3.8, 4) is 5.75 Å². The summed E-state index contributed by atoms with van der Waals surface area (Å²) in [4.78, 5) is 26.4. The fourth-order valence-corrected chi connectivity index (χ4v) is 5.24. The lowest BCUT2D eigenvalue weighted by Crippen LogP contribution is -2.63. The van der Waals surface area contributed by atoms with Crippen molar-refractivity contribution >= 4 is 23.0 Å². The second-order valence-electron chi connectivity index (χ2n) is 8.63. The SMILES string of the molecule is CC[S+]([O-])C(N)(CC)C(=O)N(CCCc1ccccc1)C(=O)[C@@H](N)Cc1c(C)cc(O)cc1C. The Morgan fingerprint density at radius 3 is 2.26 bits per heavy atom. The van der Waals surface area contributed by atoms with Crippen LogP contribution in [0.3, 0.4) is 0 Å². The van der Waals surface area contributed by atoms with E-state index in [2.05, 4.69) is 0 Å². The molecule has 0 aliphatic rings. The van der Waals surface area contributed by atoms with E-state index in [1.807, 2.05) is 44.2 Å². The Balaban J connectivity index is 2.29. The Morgan fingerprint density at radius 2 is 1.74 bits per heavy atom. The van der Waals surface area contributed by atoms with E-state index >= 15 is 0 Å². The lowest BCUT2D eigenvalue weighted by molar-refractivity contribution is -0.147. The molecule has 0 spiro atoms. The van der Waals surface area contributed by atoms with Gasteiger partial charge in [-0.05, 0) is 85.6 Å². The summed E-state index contributed by atoms with van der Waals surface area (Å²) in [7, 11) is 0. The first-order valence-corrected chi connectivity index (χ1v) is 13.0.